The average Bonchev–Trinajstić information content (AvgIpc) is 2.83. The van der Waals surface area contributed by atoms with Gasteiger partial charge in [-0.25, -0.2) is 0 Å². The summed E-state index contributed by atoms with van der Waals surface area (Å²) in [5.41, 5.74) is 6.07. The van der Waals surface area contributed by atoms with E-state index in [1.165, 1.54) is 0 Å². The number of nitrogens with zero attached hydrogens (tertiary/aromatic N) is 4. The number of carbonyl (C=O) groups is 2. The van der Waals surface area contributed by atoms with Crippen molar-refractivity contribution < 1.29 is 9.59 Å². The molecular formula is C17H33N5O2. The number of likely N-dealkylation sites (N-methyl/N-ethyl adjacent to an activating group) is 2. The standard InChI is InChI=1S/C17H33N5O2/c1-4-21(5-2)17(24)15-11-14(18)12-22(15)16(23)13-20-8-6-7-19(3)9-10-20/h14-15H,4-13,18H2,1-3H3/t14-,15+/m1/s1. The molecule has 0 aromatic heterocycles. The lowest BCUT2D eigenvalue weighted by Crippen LogP contribution is -2.50. The van der Waals surface area contributed by atoms with Crippen molar-refractivity contribution in [2.45, 2.75) is 38.8 Å². The molecule has 2 heterocycles. The molecule has 24 heavy (non-hydrogen) atoms. The van der Waals surface area contributed by atoms with E-state index in [1.807, 2.05) is 13.8 Å². The Morgan fingerprint density at radius 2 is 1.83 bits per heavy atom. The largest absolute Gasteiger partial charge is 0.341 e. The van der Waals surface area contributed by atoms with Crippen molar-refractivity contribution in [2.24, 2.45) is 5.73 Å². The molecule has 0 bridgehead atoms. The maximum Gasteiger partial charge on any atom is 0.245 e. The van der Waals surface area contributed by atoms with Gasteiger partial charge in [-0.1, -0.05) is 0 Å². The summed E-state index contributed by atoms with van der Waals surface area (Å²) in [4.78, 5) is 33.5. The zero-order chi connectivity index (χ0) is 17.7. The number of hydrogen-bond acceptors (Lipinski definition) is 5. The van der Waals surface area contributed by atoms with Crippen molar-refractivity contribution in [3.63, 3.8) is 0 Å². The average molecular weight is 339 g/mol. The highest BCUT2D eigenvalue weighted by molar-refractivity contribution is 5.89. The highest BCUT2D eigenvalue weighted by atomic mass is 16.2. The quantitative estimate of drug-likeness (QED) is 0.726. The Balaban J connectivity index is 1.99. The summed E-state index contributed by atoms with van der Waals surface area (Å²) < 4.78 is 0. The van der Waals surface area contributed by atoms with E-state index in [1.54, 1.807) is 9.80 Å². The Morgan fingerprint density at radius 1 is 1.12 bits per heavy atom. The molecule has 0 aromatic rings. The molecule has 7 heteroatoms. The third kappa shape index (κ3) is 4.68. The molecule has 0 spiro atoms. The van der Waals surface area contributed by atoms with E-state index >= 15 is 0 Å². The van der Waals surface area contributed by atoms with Crippen LogP contribution in [0.5, 0.6) is 0 Å². The molecule has 2 amide bonds. The van der Waals surface area contributed by atoms with Gasteiger partial charge in [0.15, 0.2) is 0 Å². The lowest BCUT2D eigenvalue weighted by atomic mass is 10.1. The molecule has 2 N–H and O–H groups in total. The van der Waals surface area contributed by atoms with Crippen LogP contribution in [0.25, 0.3) is 0 Å². The van der Waals surface area contributed by atoms with Crippen molar-refractivity contribution in [1.82, 2.24) is 19.6 Å². The molecule has 2 rings (SSSR count). The molecular weight excluding hydrogens is 306 g/mol. The number of hydrogen-bond donors (Lipinski definition) is 1. The summed E-state index contributed by atoms with van der Waals surface area (Å²) in [6.07, 6.45) is 1.65. The second kappa shape index (κ2) is 8.78. The van der Waals surface area contributed by atoms with Crippen LogP contribution in [-0.4, -0.2) is 103 Å². The molecule has 2 atom stereocenters. The Bertz CT molecular complexity index is 441. The van der Waals surface area contributed by atoms with Crippen molar-refractivity contribution in [3.8, 4) is 0 Å². The lowest BCUT2D eigenvalue weighted by molar-refractivity contribution is -0.144. The zero-order valence-electron chi connectivity index (χ0n) is 15.4. The maximum absolute atomic E-state index is 12.8. The molecule has 2 fully saturated rings. The van der Waals surface area contributed by atoms with Gasteiger partial charge in [-0.2, -0.15) is 0 Å². The molecule has 0 unspecified atom stereocenters. The Hall–Kier alpha value is -1.18. The van der Waals surface area contributed by atoms with Gasteiger partial charge in [0.25, 0.3) is 0 Å². The summed E-state index contributed by atoms with van der Waals surface area (Å²) in [5, 5.41) is 0. The summed E-state index contributed by atoms with van der Waals surface area (Å²) >= 11 is 0. The third-order valence-corrected chi connectivity index (χ3v) is 5.18. The fraction of sp³-hybridized carbons (Fsp3) is 0.882. The molecule has 0 aromatic carbocycles. The Morgan fingerprint density at radius 3 is 2.50 bits per heavy atom. The summed E-state index contributed by atoms with van der Waals surface area (Å²) in [7, 11) is 2.11. The highest BCUT2D eigenvalue weighted by Crippen LogP contribution is 2.19. The van der Waals surface area contributed by atoms with Gasteiger partial charge in [-0.3, -0.25) is 14.5 Å². The van der Waals surface area contributed by atoms with Gasteiger partial charge in [0, 0.05) is 38.8 Å². The molecule has 0 saturated carbocycles. The SMILES string of the molecule is CCN(CC)C(=O)[C@@H]1C[C@@H](N)CN1C(=O)CN1CCCN(C)CC1. The lowest BCUT2D eigenvalue weighted by Gasteiger charge is -2.30. The second-order valence-corrected chi connectivity index (χ2v) is 7.00. The van der Waals surface area contributed by atoms with Gasteiger partial charge in [-0.05, 0) is 46.8 Å². The third-order valence-electron chi connectivity index (χ3n) is 5.18. The van der Waals surface area contributed by atoms with E-state index in [0.29, 0.717) is 32.6 Å². The predicted molar refractivity (Wildman–Crippen MR) is 94.6 cm³/mol. The van der Waals surface area contributed by atoms with Crippen LogP contribution in [-0.2, 0) is 9.59 Å². The molecule has 2 aliphatic rings. The van der Waals surface area contributed by atoms with Gasteiger partial charge in [0.1, 0.15) is 6.04 Å². The molecule has 2 saturated heterocycles. The maximum atomic E-state index is 12.8. The topological polar surface area (TPSA) is 73.1 Å². The normalized spacial score (nSPS) is 26.4. The van der Waals surface area contributed by atoms with E-state index in [0.717, 1.165) is 32.6 Å². The van der Waals surface area contributed by atoms with Gasteiger partial charge < -0.3 is 20.4 Å². The van der Waals surface area contributed by atoms with Gasteiger partial charge in [0.2, 0.25) is 11.8 Å². The number of amides is 2. The Kier molecular flexibility index (Phi) is 7.01. The van der Waals surface area contributed by atoms with Gasteiger partial charge in [0.05, 0.1) is 6.54 Å². The van der Waals surface area contributed by atoms with Crippen LogP contribution in [0.1, 0.15) is 26.7 Å². The first kappa shape index (κ1) is 19.1. The van der Waals surface area contributed by atoms with Crippen LogP contribution < -0.4 is 5.73 Å². The second-order valence-electron chi connectivity index (χ2n) is 7.00. The Labute approximate surface area is 145 Å². The van der Waals surface area contributed by atoms with E-state index in [9.17, 15) is 9.59 Å². The van der Waals surface area contributed by atoms with Crippen LogP contribution in [0.2, 0.25) is 0 Å². The number of likely N-dealkylation sites (tertiary alicyclic amines) is 1. The van der Waals surface area contributed by atoms with Crippen LogP contribution in [0.3, 0.4) is 0 Å². The van der Waals surface area contributed by atoms with E-state index in [4.69, 9.17) is 5.73 Å². The molecule has 0 aliphatic carbocycles. The fourth-order valence-corrected chi connectivity index (χ4v) is 3.66. The molecule has 7 nitrogen and oxygen atoms in total. The smallest absolute Gasteiger partial charge is 0.245 e. The van der Waals surface area contributed by atoms with Crippen LogP contribution in [0.15, 0.2) is 0 Å². The predicted octanol–water partition coefficient (Wildman–Crippen LogP) is -0.579. The first-order valence-corrected chi connectivity index (χ1v) is 9.21. The van der Waals surface area contributed by atoms with E-state index < -0.39 is 0 Å². The van der Waals surface area contributed by atoms with Gasteiger partial charge >= 0.3 is 0 Å². The highest BCUT2D eigenvalue weighted by Gasteiger charge is 2.39. The number of carbonyl (C=O) groups excluding carboxylic acids is 2. The number of nitrogens with two attached hydrogens (primary N) is 1. The van der Waals surface area contributed by atoms with Crippen LogP contribution in [0.4, 0.5) is 0 Å². The summed E-state index contributed by atoms with van der Waals surface area (Å²) in [6, 6.07) is -0.490. The minimum Gasteiger partial charge on any atom is -0.341 e. The van der Waals surface area contributed by atoms with Crippen molar-refractivity contribution in [1.29, 1.82) is 0 Å². The monoisotopic (exact) mass is 339 g/mol. The molecule has 0 radical (unpaired) electrons. The fourth-order valence-electron chi connectivity index (χ4n) is 3.66. The van der Waals surface area contributed by atoms with Crippen LogP contribution in [0, 0.1) is 0 Å². The summed E-state index contributed by atoms with van der Waals surface area (Å²) in [5.74, 6) is 0.0786. The van der Waals surface area contributed by atoms with Crippen molar-refractivity contribution >= 4 is 11.8 Å². The van der Waals surface area contributed by atoms with Gasteiger partial charge in [-0.15, -0.1) is 0 Å². The van der Waals surface area contributed by atoms with Crippen molar-refractivity contribution in [3.05, 3.63) is 0 Å². The zero-order valence-corrected chi connectivity index (χ0v) is 15.4. The van der Waals surface area contributed by atoms with E-state index in [2.05, 4.69) is 16.8 Å². The minimum absolute atomic E-state index is 0.0388. The van der Waals surface area contributed by atoms with E-state index in [-0.39, 0.29) is 23.9 Å². The molecule has 138 valence electrons. The first-order valence-electron chi connectivity index (χ1n) is 9.21. The number of rotatable bonds is 5. The summed E-state index contributed by atoms with van der Waals surface area (Å²) in [6.45, 7) is 10.0. The van der Waals surface area contributed by atoms with Crippen molar-refractivity contribution in [2.75, 3.05) is 59.4 Å². The minimum atomic E-state index is -0.387. The first-order chi connectivity index (χ1) is 11.5. The van der Waals surface area contributed by atoms with Crippen LogP contribution >= 0.6 is 0 Å². The molecule has 2 aliphatic heterocycles.